The first-order chi connectivity index (χ1) is 8.18. The van der Waals surface area contributed by atoms with Gasteiger partial charge in [0.1, 0.15) is 0 Å². The number of thiocarbonyl (C=S) groups is 1. The molecule has 4 heteroatoms. The maximum absolute atomic E-state index is 5.49. The highest BCUT2D eigenvalue weighted by molar-refractivity contribution is 8.00. The van der Waals surface area contributed by atoms with Crippen LogP contribution in [0.4, 0.5) is 5.69 Å². The molecule has 1 aliphatic rings. The number of thioether (sulfide) groups is 1. The molecule has 0 saturated carbocycles. The summed E-state index contributed by atoms with van der Waals surface area (Å²) in [5, 5.41) is 4.79. The van der Waals surface area contributed by atoms with Crippen molar-refractivity contribution in [3.8, 4) is 0 Å². The van der Waals surface area contributed by atoms with Gasteiger partial charge in [-0.3, -0.25) is 0 Å². The Bertz CT molecular complexity index is 380. The highest BCUT2D eigenvalue weighted by Gasteiger charge is 2.26. The second-order valence-electron chi connectivity index (χ2n) is 4.31. The molecule has 2 atom stereocenters. The summed E-state index contributed by atoms with van der Waals surface area (Å²) < 4.78 is 0. The van der Waals surface area contributed by atoms with Crippen LogP contribution in [0.5, 0.6) is 0 Å². The van der Waals surface area contributed by atoms with Gasteiger partial charge in [0.25, 0.3) is 0 Å². The van der Waals surface area contributed by atoms with Crippen molar-refractivity contribution < 1.29 is 0 Å². The van der Waals surface area contributed by atoms with Gasteiger partial charge in [0, 0.05) is 29.3 Å². The molecule has 1 saturated heterocycles. The zero-order chi connectivity index (χ0) is 12.3. The zero-order valence-corrected chi connectivity index (χ0v) is 11.9. The lowest BCUT2D eigenvalue weighted by Gasteiger charge is -2.39. The summed E-state index contributed by atoms with van der Waals surface area (Å²) in [6, 6.07) is 10.6. The molecule has 2 nitrogen and oxygen atoms in total. The van der Waals surface area contributed by atoms with E-state index in [-0.39, 0.29) is 0 Å². The van der Waals surface area contributed by atoms with Gasteiger partial charge in [0.05, 0.1) is 0 Å². The Morgan fingerprint density at radius 2 is 2.06 bits per heavy atom. The third kappa shape index (κ3) is 3.13. The van der Waals surface area contributed by atoms with E-state index in [9.17, 15) is 0 Å². The van der Waals surface area contributed by atoms with E-state index in [1.54, 1.807) is 0 Å². The van der Waals surface area contributed by atoms with Crippen molar-refractivity contribution in [3.05, 3.63) is 30.3 Å². The topological polar surface area (TPSA) is 15.3 Å². The second kappa shape index (κ2) is 5.74. The molecule has 2 rings (SSSR count). The average molecular weight is 266 g/mol. The fraction of sp³-hybridized carbons (Fsp3) is 0.462. The van der Waals surface area contributed by atoms with Gasteiger partial charge in [0.2, 0.25) is 0 Å². The lowest BCUT2D eigenvalue weighted by molar-refractivity contribution is 0.339. The molecule has 1 fully saturated rings. The standard InChI is InChI=1S/C13H18N2S2/c1-10-11(2)17-9-8-15(10)13(16)14-12-6-4-3-5-7-12/h3-7,10-11H,8-9H2,1-2H3,(H,14,16). The van der Waals surface area contributed by atoms with E-state index in [1.165, 1.54) is 0 Å². The van der Waals surface area contributed by atoms with Crippen LogP contribution in [0.2, 0.25) is 0 Å². The van der Waals surface area contributed by atoms with Crippen LogP contribution in [0.3, 0.4) is 0 Å². The fourth-order valence-electron chi connectivity index (χ4n) is 1.94. The molecule has 1 N–H and O–H groups in total. The van der Waals surface area contributed by atoms with Crippen LogP contribution in [0.25, 0.3) is 0 Å². The van der Waals surface area contributed by atoms with Gasteiger partial charge in [-0.05, 0) is 31.3 Å². The average Bonchev–Trinajstić information content (AvgIpc) is 2.34. The van der Waals surface area contributed by atoms with E-state index in [2.05, 4.69) is 24.1 Å². The number of benzene rings is 1. The van der Waals surface area contributed by atoms with Gasteiger partial charge < -0.3 is 10.2 Å². The van der Waals surface area contributed by atoms with Crippen molar-refractivity contribution in [1.29, 1.82) is 0 Å². The van der Waals surface area contributed by atoms with Gasteiger partial charge in [0.15, 0.2) is 5.11 Å². The Kier molecular flexibility index (Phi) is 4.29. The van der Waals surface area contributed by atoms with Crippen LogP contribution < -0.4 is 5.32 Å². The quantitative estimate of drug-likeness (QED) is 0.785. The fourth-order valence-corrected chi connectivity index (χ4v) is 3.41. The molecule has 0 amide bonds. The summed E-state index contributed by atoms with van der Waals surface area (Å²) in [4.78, 5) is 2.30. The molecule has 0 spiro atoms. The van der Waals surface area contributed by atoms with Crippen molar-refractivity contribution >= 4 is 34.8 Å². The van der Waals surface area contributed by atoms with Crippen LogP contribution >= 0.6 is 24.0 Å². The summed E-state index contributed by atoms with van der Waals surface area (Å²) in [7, 11) is 0. The number of para-hydroxylation sites is 1. The third-order valence-electron chi connectivity index (χ3n) is 3.17. The molecule has 0 bridgehead atoms. The van der Waals surface area contributed by atoms with Gasteiger partial charge in [-0.1, -0.05) is 25.1 Å². The minimum absolute atomic E-state index is 0.498. The van der Waals surface area contributed by atoms with Gasteiger partial charge in [-0.2, -0.15) is 11.8 Å². The number of rotatable bonds is 1. The molecule has 1 aromatic rings. The van der Waals surface area contributed by atoms with Gasteiger partial charge in [-0.15, -0.1) is 0 Å². The van der Waals surface area contributed by atoms with Crippen molar-refractivity contribution in [2.45, 2.75) is 25.1 Å². The number of anilines is 1. The smallest absolute Gasteiger partial charge is 0.173 e. The van der Waals surface area contributed by atoms with E-state index in [4.69, 9.17) is 12.2 Å². The molecule has 92 valence electrons. The molecule has 17 heavy (non-hydrogen) atoms. The SMILES string of the molecule is CC1SCCN(C(=S)Nc2ccccc2)C1C. The van der Waals surface area contributed by atoms with E-state index < -0.39 is 0 Å². The number of nitrogens with zero attached hydrogens (tertiary/aromatic N) is 1. The van der Waals surface area contributed by atoms with Crippen molar-refractivity contribution in [2.24, 2.45) is 0 Å². The number of hydrogen-bond acceptors (Lipinski definition) is 2. The summed E-state index contributed by atoms with van der Waals surface area (Å²) in [5.74, 6) is 1.15. The molecule has 0 aromatic heterocycles. The van der Waals surface area contributed by atoms with Crippen LogP contribution in [-0.2, 0) is 0 Å². The largest absolute Gasteiger partial charge is 0.344 e. The summed E-state index contributed by atoms with van der Waals surface area (Å²) in [6.45, 7) is 5.55. The van der Waals surface area contributed by atoms with Gasteiger partial charge in [-0.25, -0.2) is 0 Å². The molecule has 2 unspecified atom stereocenters. The maximum atomic E-state index is 5.49. The Morgan fingerprint density at radius 3 is 2.76 bits per heavy atom. The normalized spacial score (nSPS) is 24.5. The second-order valence-corrected chi connectivity index (χ2v) is 6.18. The highest BCUT2D eigenvalue weighted by Crippen LogP contribution is 2.24. The molecule has 0 radical (unpaired) electrons. The Hall–Kier alpha value is -0.740. The first-order valence-corrected chi connectivity index (χ1v) is 7.38. The van der Waals surface area contributed by atoms with Crippen LogP contribution in [0, 0.1) is 0 Å². The van der Waals surface area contributed by atoms with E-state index in [0.717, 1.165) is 23.1 Å². The lowest BCUT2D eigenvalue weighted by atomic mass is 10.2. The van der Waals surface area contributed by atoms with E-state index in [0.29, 0.717) is 11.3 Å². The highest BCUT2D eigenvalue weighted by atomic mass is 32.2. The monoisotopic (exact) mass is 266 g/mol. The summed E-state index contributed by atoms with van der Waals surface area (Å²) in [6.07, 6.45) is 0. The van der Waals surface area contributed by atoms with Crippen molar-refractivity contribution in [1.82, 2.24) is 4.90 Å². The summed E-state index contributed by atoms with van der Waals surface area (Å²) >= 11 is 7.52. The predicted molar refractivity (Wildman–Crippen MR) is 80.8 cm³/mol. The molecule has 1 aliphatic heterocycles. The molecule has 1 heterocycles. The Balaban J connectivity index is 2.00. The molecule has 0 aliphatic carbocycles. The minimum atomic E-state index is 0.498. The first kappa shape index (κ1) is 12.7. The molecular formula is C13H18N2S2. The number of nitrogens with one attached hydrogen (secondary N) is 1. The number of hydrogen-bond donors (Lipinski definition) is 1. The predicted octanol–water partition coefficient (Wildman–Crippen LogP) is 3.21. The first-order valence-electron chi connectivity index (χ1n) is 5.93. The van der Waals surface area contributed by atoms with Crippen molar-refractivity contribution in [2.75, 3.05) is 17.6 Å². The van der Waals surface area contributed by atoms with E-state index in [1.807, 2.05) is 42.1 Å². The lowest BCUT2D eigenvalue weighted by Crippen LogP contribution is -2.49. The molecular weight excluding hydrogens is 248 g/mol. The Labute approximate surface area is 113 Å². The zero-order valence-electron chi connectivity index (χ0n) is 10.2. The third-order valence-corrected chi connectivity index (χ3v) is 4.84. The van der Waals surface area contributed by atoms with E-state index >= 15 is 0 Å². The van der Waals surface area contributed by atoms with Crippen LogP contribution in [0.15, 0.2) is 30.3 Å². The van der Waals surface area contributed by atoms with Crippen LogP contribution in [0.1, 0.15) is 13.8 Å². The van der Waals surface area contributed by atoms with Crippen LogP contribution in [-0.4, -0.2) is 33.6 Å². The Morgan fingerprint density at radius 1 is 1.35 bits per heavy atom. The van der Waals surface area contributed by atoms with Crippen molar-refractivity contribution in [3.63, 3.8) is 0 Å². The maximum Gasteiger partial charge on any atom is 0.173 e. The minimum Gasteiger partial charge on any atom is -0.344 e. The summed E-state index contributed by atoms with van der Waals surface area (Å²) in [5.41, 5.74) is 1.07. The molecule has 1 aromatic carbocycles. The van der Waals surface area contributed by atoms with Gasteiger partial charge >= 0.3 is 0 Å².